The van der Waals surface area contributed by atoms with Crippen LogP contribution in [-0.2, 0) is 40.0 Å². The van der Waals surface area contributed by atoms with Gasteiger partial charge < -0.3 is 0 Å². The van der Waals surface area contributed by atoms with Crippen molar-refractivity contribution in [2.75, 3.05) is 12.5 Å². The molecular formula is C22H28NO5S4. The van der Waals surface area contributed by atoms with E-state index in [0.29, 0.717) is 17.9 Å². The summed E-state index contributed by atoms with van der Waals surface area (Å²) in [5.41, 5.74) is 2.10. The molecule has 10 heteroatoms. The van der Waals surface area contributed by atoms with Crippen LogP contribution in [0.3, 0.4) is 0 Å². The maximum absolute atomic E-state index is 13.6. The molecule has 0 aliphatic carbocycles. The van der Waals surface area contributed by atoms with Crippen molar-refractivity contribution < 1.29 is 22.0 Å². The van der Waals surface area contributed by atoms with E-state index in [4.69, 9.17) is 0 Å². The van der Waals surface area contributed by atoms with E-state index in [1.807, 2.05) is 62.4 Å². The molecule has 0 saturated carbocycles. The van der Waals surface area contributed by atoms with Gasteiger partial charge in [0.15, 0.2) is 17.7 Å². The summed E-state index contributed by atoms with van der Waals surface area (Å²) in [7, 11) is -4.49. The fourth-order valence-corrected chi connectivity index (χ4v) is 7.19. The molecule has 0 bridgehead atoms. The fourth-order valence-electron chi connectivity index (χ4n) is 4.00. The van der Waals surface area contributed by atoms with Crippen molar-refractivity contribution in [3.8, 4) is 0 Å². The summed E-state index contributed by atoms with van der Waals surface area (Å²) in [5, 5.41) is 14.8. The molecule has 0 N–H and O–H groups in total. The highest BCUT2D eigenvalue weighted by Crippen LogP contribution is 2.50. The Morgan fingerprint density at radius 2 is 1.12 bits per heavy atom. The van der Waals surface area contributed by atoms with Gasteiger partial charge in [-0.3, -0.25) is 0 Å². The number of nitrogens with zero attached hydrogens (tertiary/aromatic N) is 1. The lowest BCUT2D eigenvalue weighted by Gasteiger charge is -2.38. The van der Waals surface area contributed by atoms with E-state index in [2.05, 4.69) is 0 Å². The van der Waals surface area contributed by atoms with Gasteiger partial charge in [-0.15, -0.1) is 10.3 Å². The van der Waals surface area contributed by atoms with E-state index in [9.17, 15) is 22.0 Å². The second-order valence-electron chi connectivity index (χ2n) is 8.79. The number of benzene rings is 2. The monoisotopic (exact) mass is 514 g/mol. The first-order valence-electron chi connectivity index (χ1n) is 10.1. The Kier molecular flexibility index (Phi) is 7.44. The van der Waals surface area contributed by atoms with Crippen LogP contribution in [-0.4, -0.2) is 39.9 Å². The topological polar surface area (TPSA) is 91.4 Å². The summed E-state index contributed by atoms with van der Waals surface area (Å²) in [6.45, 7) is 3.88. The van der Waals surface area contributed by atoms with E-state index in [-0.39, 0.29) is 0 Å². The number of hydrogen-bond acceptors (Lipinski definition) is 7. The van der Waals surface area contributed by atoms with E-state index in [0.717, 1.165) is 50.3 Å². The summed E-state index contributed by atoms with van der Waals surface area (Å²) in [4.78, 5) is 0. The van der Waals surface area contributed by atoms with Gasteiger partial charge in [0, 0.05) is 29.6 Å². The van der Waals surface area contributed by atoms with Crippen molar-refractivity contribution >= 4 is 39.3 Å². The maximum atomic E-state index is 13.6. The maximum Gasteiger partial charge on any atom is 0.199 e. The molecule has 6 nitrogen and oxygen atoms in total. The minimum atomic E-state index is -3.13. The van der Waals surface area contributed by atoms with Crippen LogP contribution in [0.5, 0.6) is 0 Å². The van der Waals surface area contributed by atoms with Crippen molar-refractivity contribution in [2.45, 2.75) is 49.3 Å². The smallest absolute Gasteiger partial charge is 0.199 e. The predicted octanol–water partition coefficient (Wildman–Crippen LogP) is 4.54. The SMILES string of the molecule is CC1(C)CCC(c2ccc(CSS(C)(=O)=O)cc2)(c2ccc(CSS(C)(=O)=O)cc2)N1[O]. The summed E-state index contributed by atoms with van der Waals surface area (Å²) < 4.78 is 45.8. The normalized spacial score (nSPS) is 18.7. The lowest BCUT2D eigenvalue weighted by atomic mass is 9.81. The first-order valence-corrected chi connectivity index (χ1v) is 16.9. The lowest BCUT2D eigenvalue weighted by molar-refractivity contribution is -0.246. The van der Waals surface area contributed by atoms with E-state index < -0.39 is 28.8 Å². The minimum absolute atomic E-state index is 0.353. The number of hydroxylamine groups is 2. The second-order valence-corrected chi connectivity index (χ2v) is 17.7. The minimum Gasteiger partial charge on any atom is -0.218 e. The Bertz CT molecular complexity index is 1080. The molecule has 0 amide bonds. The van der Waals surface area contributed by atoms with Crippen LogP contribution >= 0.6 is 21.6 Å². The van der Waals surface area contributed by atoms with Crippen molar-refractivity contribution in [1.82, 2.24) is 5.06 Å². The van der Waals surface area contributed by atoms with Crippen LogP contribution in [0.15, 0.2) is 48.5 Å². The van der Waals surface area contributed by atoms with Gasteiger partial charge in [0.1, 0.15) is 0 Å². The summed E-state index contributed by atoms with van der Waals surface area (Å²) in [6, 6.07) is 15.2. The molecule has 2 aromatic carbocycles. The van der Waals surface area contributed by atoms with Crippen molar-refractivity contribution in [3.05, 3.63) is 70.8 Å². The molecule has 1 heterocycles. The molecule has 1 fully saturated rings. The average Bonchev–Trinajstić information content (AvgIpc) is 2.95. The van der Waals surface area contributed by atoms with Gasteiger partial charge in [0.25, 0.3) is 0 Å². The highest BCUT2D eigenvalue weighted by atomic mass is 33.1. The lowest BCUT2D eigenvalue weighted by Crippen LogP contribution is -2.47. The molecule has 2 aromatic rings. The number of hydrogen-bond donors (Lipinski definition) is 0. The molecule has 3 rings (SSSR count). The van der Waals surface area contributed by atoms with E-state index >= 15 is 0 Å². The van der Waals surface area contributed by atoms with Crippen molar-refractivity contribution in [3.63, 3.8) is 0 Å². The zero-order valence-electron chi connectivity index (χ0n) is 18.6. The molecule has 1 aliphatic rings. The largest absolute Gasteiger partial charge is 0.218 e. The quantitative estimate of drug-likeness (QED) is 0.478. The number of rotatable bonds is 8. The fraction of sp³-hybridized carbons (Fsp3) is 0.455. The standard InChI is InChI=1S/C22H28NO5S4/c1-21(2)13-14-22(23(21)24,19-9-5-17(6-10-19)15-29-31(3,25)26)20-11-7-18(8-12-20)16-30-32(4,27)28/h5-12H,13-16H2,1-4H3. The van der Waals surface area contributed by atoms with Crippen LogP contribution in [0.4, 0.5) is 0 Å². The molecule has 1 radical (unpaired) electrons. The average molecular weight is 515 g/mol. The van der Waals surface area contributed by atoms with Crippen LogP contribution in [0.25, 0.3) is 0 Å². The van der Waals surface area contributed by atoms with Gasteiger partial charge in [-0.25, -0.2) is 16.8 Å². The molecule has 1 saturated heterocycles. The molecule has 0 aromatic heterocycles. The first-order chi connectivity index (χ1) is 14.7. The third-order valence-corrected chi connectivity index (χ3v) is 10.8. The molecule has 175 valence electrons. The Labute approximate surface area is 198 Å². The van der Waals surface area contributed by atoms with Crippen LogP contribution in [0, 0.1) is 0 Å². The third-order valence-electron chi connectivity index (χ3n) is 5.74. The zero-order valence-corrected chi connectivity index (χ0v) is 21.8. The van der Waals surface area contributed by atoms with E-state index in [1.54, 1.807) is 0 Å². The van der Waals surface area contributed by atoms with Crippen LogP contribution in [0.2, 0.25) is 0 Å². The molecular weight excluding hydrogens is 487 g/mol. The Morgan fingerprint density at radius 3 is 1.41 bits per heavy atom. The molecule has 0 unspecified atom stereocenters. The summed E-state index contributed by atoms with van der Waals surface area (Å²) in [6.07, 6.45) is 3.76. The molecule has 1 aliphatic heterocycles. The second kappa shape index (κ2) is 9.31. The van der Waals surface area contributed by atoms with Gasteiger partial charge in [0.2, 0.25) is 0 Å². The van der Waals surface area contributed by atoms with E-state index in [1.165, 1.54) is 17.6 Å². The summed E-state index contributed by atoms with van der Waals surface area (Å²) in [5.74, 6) is 0.705. The predicted molar refractivity (Wildman–Crippen MR) is 132 cm³/mol. The Morgan fingerprint density at radius 1 is 0.750 bits per heavy atom. The zero-order chi connectivity index (χ0) is 23.8. The van der Waals surface area contributed by atoms with Crippen LogP contribution < -0.4 is 0 Å². The van der Waals surface area contributed by atoms with Crippen molar-refractivity contribution in [1.29, 1.82) is 0 Å². The van der Waals surface area contributed by atoms with Gasteiger partial charge in [-0.2, -0.15) is 0 Å². The van der Waals surface area contributed by atoms with Gasteiger partial charge >= 0.3 is 0 Å². The Hall–Kier alpha value is -1.04. The third kappa shape index (κ3) is 5.90. The molecule has 0 spiro atoms. The highest BCUT2D eigenvalue weighted by molar-refractivity contribution is 8.71. The highest BCUT2D eigenvalue weighted by Gasteiger charge is 2.53. The Balaban J connectivity index is 1.95. The first kappa shape index (κ1) is 25.6. The van der Waals surface area contributed by atoms with Gasteiger partial charge in [0.05, 0.1) is 5.54 Å². The van der Waals surface area contributed by atoms with Gasteiger partial charge in [-0.1, -0.05) is 48.5 Å². The molecule has 0 atom stereocenters. The van der Waals surface area contributed by atoms with Crippen molar-refractivity contribution in [2.24, 2.45) is 0 Å². The summed E-state index contributed by atoms with van der Waals surface area (Å²) >= 11 is 0. The van der Waals surface area contributed by atoms with Crippen LogP contribution in [0.1, 0.15) is 48.9 Å². The van der Waals surface area contributed by atoms with Gasteiger partial charge in [-0.05, 0) is 70.5 Å². The molecule has 32 heavy (non-hydrogen) atoms.